The van der Waals surface area contributed by atoms with Crippen molar-refractivity contribution in [3.05, 3.63) is 270 Å². The minimum atomic E-state index is -0.583. The van der Waals surface area contributed by atoms with E-state index in [1.165, 1.54) is 0 Å². The number of rotatable bonds is 8. The first-order valence-corrected chi connectivity index (χ1v) is 24.0. The van der Waals surface area contributed by atoms with Crippen molar-refractivity contribution in [3.63, 3.8) is 0 Å². The Kier molecular flexibility index (Phi) is 15.0. The summed E-state index contributed by atoms with van der Waals surface area (Å²) in [6.45, 7) is 1.27. The number of ether oxygens (including phenoxy) is 5. The summed E-state index contributed by atoms with van der Waals surface area (Å²) in [6.07, 6.45) is -2.21. The number of benzene rings is 8. The average molecular weight is 922 g/mol. The van der Waals surface area contributed by atoms with Gasteiger partial charge < -0.3 is 28.8 Å². The highest BCUT2D eigenvalue weighted by Gasteiger charge is 2.31. The van der Waals surface area contributed by atoms with Crippen LogP contribution in [0.3, 0.4) is 0 Å². The molecule has 0 amide bonds. The Balaban J connectivity index is 1.18. The standard InChI is InChI=1S/C63H55NO6/c65-59-54-40-56(64-57(47-24-10-2-11-25-47)42-53(46-22-8-1-9-23-46)43-58(64)48-26-12-3-13-27-48)41-55(59)45-70-63(52-34-20-7-21-35-52)61(50-30-16-5-17-31-50)68-39-37-66-36-38-67-60(49-28-14-4-15-29-49)62(69-44-54)51-32-18-6-19-33-51/h1-35,40-43,60-63H,36-39,44-45H2/t60-,61-,62-,63-/m0/s1. The van der Waals surface area contributed by atoms with E-state index in [2.05, 4.69) is 114 Å². The molecular formula is C63H55NO6. The van der Waals surface area contributed by atoms with Gasteiger partial charge in [-0.05, 0) is 68.8 Å². The molecule has 2 bridgehead atoms. The Hall–Kier alpha value is -7.49. The minimum Gasteiger partial charge on any atom is -0.872 e. The van der Waals surface area contributed by atoms with Gasteiger partial charge in [-0.2, -0.15) is 4.57 Å². The van der Waals surface area contributed by atoms with E-state index >= 15 is 5.11 Å². The molecule has 0 saturated heterocycles. The smallest absolute Gasteiger partial charge is 0.219 e. The summed E-state index contributed by atoms with van der Waals surface area (Å²) in [5.74, 6) is -0.157. The van der Waals surface area contributed by atoms with Gasteiger partial charge in [-0.25, -0.2) is 0 Å². The lowest BCUT2D eigenvalue weighted by Gasteiger charge is -2.31. The van der Waals surface area contributed by atoms with Crippen LogP contribution in [-0.2, 0) is 36.9 Å². The van der Waals surface area contributed by atoms with Gasteiger partial charge in [-0.1, -0.05) is 194 Å². The molecule has 0 aliphatic carbocycles. The third-order valence-corrected chi connectivity index (χ3v) is 12.7. The second-order valence-corrected chi connectivity index (χ2v) is 17.3. The predicted molar refractivity (Wildman–Crippen MR) is 273 cm³/mol. The Labute approximate surface area is 410 Å². The number of hydrogen-bond acceptors (Lipinski definition) is 6. The van der Waals surface area contributed by atoms with E-state index in [4.69, 9.17) is 23.7 Å². The Morgan fingerprint density at radius 2 is 0.643 bits per heavy atom. The van der Waals surface area contributed by atoms with E-state index in [1.807, 2.05) is 127 Å². The molecular weight excluding hydrogens is 867 g/mol. The van der Waals surface area contributed by atoms with Crippen LogP contribution >= 0.6 is 0 Å². The van der Waals surface area contributed by atoms with Gasteiger partial charge in [-0.15, -0.1) is 0 Å². The van der Waals surface area contributed by atoms with Gasteiger partial charge in [0.15, 0.2) is 0 Å². The highest BCUT2D eigenvalue weighted by atomic mass is 16.6. The number of pyridine rings is 1. The van der Waals surface area contributed by atoms with E-state index in [0.29, 0.717) is 37.6 Å². The van der Waals surface area contributed by atoms with E-state index in [9.17, 15) is 0 Å². The molecule has 70 heavy (non-hydrogen) atoms. The summed E-state index contributed by atoms with van der Waals surface area (Å²) < 4.78 is 36.2. The minimum absolute atomic E-state index is 0.00963. The molecule has 0 radical (unpaired) electrons. The number of hydrogen-bond donors (Lipinski definition) is 0. The summed E-state index contributed by atoms with van der Waals surface area (Å²) >= 11 is 0. The van der Waals surface area contributed by atoms with Crippen LogP contribution in [0.2, 0.25) is 0 Å². The van der Waals surface area contributed by atoms with Crippen LogP contribution < -0.4 is 9.67 Å². The zero-order chi connectivity index (χ0) is 47.3. The molecule has 0 spiro atoms. The van der Waals surface area contributed by atoms with Gasteiger partial charge in [0.1, 0.15) is 24.4 Å². The molecule has 1 aromatic heterocycles. The highest BCUT2D eigenvalue weighted by Crippen LogP contribution is 2.40. The summed E-state index contributed by atoms with van der Waals surface area (Å²) in [5.41, 5.74) is 11.6. The molecule has 0 fully saturated rings. The second kappa shape index (κ2) is 22.7. The fourth-order valence-electron chi connectivity index (χ4n) is 9.33. The highest BCUT2D eigenvalue weighted by molar-refractivity contribution is 5.74. The topological polar surface area (TPSA) is 73.1 Å². The van der Waals surface area contributed by atoms with E-state index in [-0.39, 0.29) is 19.0 Å². The molecule has 0 N–H and O–H groups in total. The molecule has 0 unspecified atom stereocenters. The maximum absolute atomic E-state index is 15.3. The van der Waals surface area contributed by atoms with Crippen LogP contribution in [0.15, 0.2) is 237 Å². The molecule has 7 heteroatoms. The van der Waals surface area contributed by atoms with Crippen molar-refractivity contribution in [1.29, 1.82) is 0 Å². The molecule has 0 saturated carbocycles. The summed E-state index contributed by atoms with van der Waals surface area (Å²) in [4.78, 5) is 0. The zero-order valence-corrected chi connectivity index (χ0v) is 39.0. The molecule has 1 aliphatic heterocycles. The third kappa shape index (κ3) is 10.9. The van der Waals surface area contributed by atoms with Crippen LogP contribution in [0.25, 0.3) is 39.3 Å². The van der Waals surface area contributed by atoms with Crippen molar-refractivity contribution in [2.75, 3.05) is 26.4 Å². The Bertz CT molecular complexity index is 2850. The van der Waals surface area contributed by atoms with Crippen molar-refractivity contribution >= 4 is 0 Å². The van der Waals surface area contributed by atoms with Gasteiger partial charge in [0.25, 0.3) is 0 Å². The molecule has 1 aliphatic rings. The fourth-order valence-corrected chi connectivity index (χ4v) is 9.33. The first-order valence-electron chi connectivity index (χ1n) is 24.0. The van der Waals surface area contributed by atoms with Gasteiger partial charge in [-0.3, -0.25) is 0 Å². The van der Waals surface area contributed by atoms with Crippen molar-refractivity contribution in [2.24, 2.45) is 0 Å². The molecule has 2 heterocycles. The molecule has 348 valence electrons. The predicted octanol–water partition coefficient (Wildman–Crippen LogP) is 13.1. The Morgan fingerprint density at radius 3 is 1.00 bits per heavy atom. The molecule has 10 rings (SSSR count). The third-order valence-electron chi connectivity index (χ3n) is 12.7. The maximum Gasteiger partial charge on any atom is 0.219 e. The number of nitrogens with zero attached hydrogens (tertiary/aromatic N) is 1. The van der Waals surface area contributed by atoms with Gasteiger partial charge in [0, 0.05) is 35.4 Å². The van der Waals surface area contributed by atoms with E-state index < -0.39 is 24.4 Å². The summed E-state index contributed by atoms with van der Waals surface area (Å²) in [5, 5.41) is 15.3. The van der Waals surface area contributed by atoms with Crippen molar-refractivity contribution in [2.45, 2.75) is 37.6 Å². The lowest BCUT2D eigenvalue weighted by Crippen LogP contribution is -2.37. The summed E-state index contributed by atoms with van der Waals surface area (Å²) in [7, 11) is 0. The first kappa shape index (κ1) is 46.2. The quantitative estimate of drug-likeness (QED) is 0.141. The van der Waals surface area contributed by atoms with Gasteiger partial charge in [0.05, 0.1) is 39.6 Å². The van der Waals surface area contributed by atoms with E-state index in [0.717, 1.165) is 61.6 Å². The first-order chi connectivity index (χ1) is 34.7. The number of fused-ring (bicyclic) bond motifs is 2. The van der Waals surface area contributed by atoms with E-state index in [1.54, 1.807) is 0 Å². The monoisotopic (exact) mass is 921 g/mol. The van der Waals surface area contributed by atoms with Crippen LogP contribution in [-0.4, -0.2) is 26.4 Å². The van der Waals surface area contributed by atoms with Gasteiger partial charge >= 0.3 is 0 Å². The second-order valence-electron chi connectivity index (χ2n) is 17.3. The Morgan fingerprint density at radius 1 is 0.329 bits per heavy atom. The average Bonchev–Trinajstić information content (AvgIpc) is 3.43. The largest absolute Gasteiger partial charge is 0.872 e. The normalized spacial score (nSPS) is 18.3. The lowest BCUT2D eigenvalue weighted by molar-refractivity contribution is -0.572. The fraction of sp³-hybridized carbons (Fsp3) is 0.159. The van der Waals surface area contributed by atoms with Gasteiger partial charge in [0.2, 0.25) is 17.1 Å². The molecule has 8 aromatic carbocycles. The van der Waals surface area contributed by atoms with Crippen molar-refractivity contribution in [3.8, 4) is 45.1 Å². The van der Waals surface area contributed by atoms with Crippen LogP contribution in [0.4, 0.5) is 0 Å². The molecule has 7 nitrogen and oxygen atoms in total. The lowest BCUT2D eigenvalue weighted by atomic mass is 9.97. The van der Waals surface area contributed by atoms with Crippen LogP contribution in [0, 0.1) is 0 Å². The van der Waals surface area contributed by atoms with Crippen LogP contribution in [0.1, 0.15) is 57.8 Å². The summed E-state index contributed by atoms with van der Waals surface area (Å²) in [6, 6.07) is 80.2. The SMILES string of the molecule is [O-]c1c2cc(-[n+]3c(-c4ccccc4)cc(-c4ccccc4)cc3-c3ccccc3)cc1CO[C@@H](c1ccccc1)[C@H](c1ccccc1)OCCOCCO[C@@H](c1ccccc1)[C@H](c1ccccc1)OC2. The molecule has 4 atom stereocenters. The zero-order valence-electron chi connectivity index (χ0n) is 39.0. The van der Waals surface area contributed by atoms with Crippen molar-refractivity contribution in [1.82, 2.24) is 0 Å². The van der Waals surface area contributed by atoms with Crippen molar-refractivity contribution < 1.29 is 33.4 Å². The maximum atomic E-state index is 15.3. The van der Waals surface area contributed by atoms with Crippen LogP contribution in [0.5, 0.6) is 5.75 Å². The molecule has 9 aromatic rings. The number of aromatic nitrogens is 1.